The highest BCUT2D eigenvalue weighted by molar-refractivity contribution is 9.12. The van der Waals surface area contributed by atoms with Crippen LogP contribution in [-0.4, -0.2) is 50.4 Å². The zero-order valence-electron chi connectivity index (χ0n) is 10.6. The molecule has 2 rings (SSSR count). The van der Waals surface area contributed by atoms with Crippen LogP contribution >= 0.6 is 39.5 Å². The van der Waals surface area contributed by atoms with Gasteiger partial charge in [-0.2, -0.15) is 0 Å². The largest absolute Gasteiger partial charge is 1.00 e. The van der Waals surface area contributed by atoms with Gasteiger partial charge in [0.25, 0.3) is 4.38 Å². The van der Waals surface area contributed by atoms with Gasteiger partial charge < -0.3 is 17.0 Å². The number of alkyl halides is 1. The maximum atomic E-state index is 11.8. The van der Waals surface area contributed by atoms with Gasteiger partial charge in [0.05, 0.1) is 16.3 Å². The number of hydrogen-bond donors (Lipinski definition) is 0. The minimum absolute atomic E-state index is 0. The van der Waals surface area contributed by atoms with Crippen molar-refractivity contribution >= 4 is 53.7 Å². The molecule has 2 atom stereocenters. The van der Waals surface area contributed by atoms with Crippen LogP contribution in [0.1, 0.15) is 20.8 Å². The minimum Gasteiger partial charge on any atom is -1.00 e. The zero-order valence-corrected chi connectivity index (χ0v) is 16.2. The van der Waals surface area contributed by atoms with Gasteiger partial charge in [0.15, 0.2) is 9.84 Å². The molecule has 18 heavy (non-hydrogen) atoms. The molecule has 0 aromatic heterocycles. The molecule has 8 heteroatoms. The van der Waals surface area contributed by atoms with Gasteiger partial charge in [-0.3, -0.25) is 0 Å². The third kappa shape index (κ3) is 2.82. The number of halogens is 2. The summed E-state index contributed by atoms with van der Waals surface area (Å²) < 4.78 is 26.5. The van der Waals surface area contributed by atoms with Gasteiger partial charge in [0.2, 0.25) is 0 Å². The lowest BCUT2D eigenvalue weighted by molar-refractivity contribution is -0.515. The second kappa shape index (κ2) is 5.58. The second-order valence-electron chi connectivity index (χ2n) is 4.63. The molecular formula is C10H17Br2NO2S3. The van der Waals surface area contributed by atoms with E-state index in [1.165, 1.54) is 4.38 Å². The third-order valence-electron chi connectivity index (χ3n) is 3.27. The highest BCUT2D eigenvalue weighted by Crippen LogP contribution is 2.62. The summed E-state index contributed by atoms with van der Waals surface area (Å²) in [5.41, 5.74) is 0. The van der Waals surface area contributed by atoms with Crippen molar-refractivity contribution in [3.05, 3.63) is 0 Å². The normalized spacial score (nSPS) is 37.2. The molecule has 0 aliphatic carbocycles. The Kier molecular flexibility index (Phi) is 5.37. The van der Waals surface area contributed by atoms with Crippen LogP contribution in [0.15, 0.2) is 0 Å². The van der Waals surface area contributed by atoms with Gasteiger partial charge in [-0.15, -0.1) is 0 Å². The van der Waals surface area contributed by atoms with E-state index < -0.39 is 9.84 Å². The van der Waals surface area contributed by atoms with Crippen molar-refractivity contribution in [1.29, 1.82) is 0 Å². The molecule has 0 amide bonds. The molecule has 2 saturated heterocycles. The quantitative estimate of drug-likeness (QED) is 0.416. The number of thioether (sulfide) groups is 2. The van der Waals surface area contributed by atoms with E-state index in [9.17, 15) is 8.42 Å². The SMILES string of the molecule is CC[N+](CC)=C1S[C@]2(C)CS(=O)(=O)C[C@]2(Br)S1.[Br-]. The molecule has 0 N–H and O–H groups in total. The number of nitrogens with zero attached hydrogens (tertiary/aromatic N) is 1. The van der Waals surface area contributed by atoms with E-state index in [-0.39, 0.29) is 36.9 Å². The van der Waals surface area contributed by atoms with E-state index in [2.05, 4.69) is 41.3 Å². The number of hydrogen-bond acceptors (Lipinski definition) is 4. The number of fused-ring (bicyclic) bond motifs is 1. The summed E-state index contributed by atoms with van der Waals surface area (Å²) in [4.78, 5) is 0. The fraction of sp³-hybridized carbons (Fsp3) is 0.900. The van der Waals surface area contributed by atoms with Crippen LogP contribution < -0.4 is 17.0 Å². The standard InChI is InChI=1S/C10H17BrNO2S3.BrH/c1-4-12(5-2)8-15-9(3)6-17(13,14)7-10(9,11)16-8;/h4-7H2,1-3H3;1H/q+1;/p-1/t9-,10+;/m1./s1. The molecular weight excluding hydrogens is 422 g/mol. The predicted molar refractivity (Wildman–Crippen MR) is 80.2 cm³/mol. The molecule has 0 bridgehead atoms. The molecule has 0 unspecified atom stereocenters. The summed E-state index contributed by atoms with van der Waals surface area (Å²) in [5.74, 6) is 0.507. The van der Waals surface area contributed by atoms with Crippen LogP contribution in [0.25, 0.3) is 0 Å². The first kappa shape index (κ1) is 17.3. The predicted octanol–water partition coefficient (Wildman–Crippen LogP) is -0.843. The van der Waals surface area contributed by atoms with Crippen LogP contribution in [0, 0.1) is 0 Å². The monoisotopic (exact) mass is 437 g/mol. The third-order valence-corrected chi connectivity index (χ3v) is 11.2. The Morgan fingerprint density at radius 3 is 2.28 bits per heavy atom. The smallest absolute Gasteiger partial charge is 0.272 e. The molecule has 0 aromatic carbocycles. The summed E-state index contributed by atoms with van der Waals surface area (Å²) in [5, 5.41) is 0. The highest BCUT2D eigenvalue weighted by Gasteiger charge is 2.65. The Hall–Kier alpha value is 1.28. The minimum atomic E-state index is -2.91. The second-order valence-corrected chi connectivity index (χ2v) is 11.6. The Labute approximate surface area is 136 Å². The van der Waals surface area contributed by atoms with Crippen LogP contribution in [-0.2, 0) is 9.84 Å². The molecule has 0 saturated carbocycles. The van der Waals surface area contributed by atoms with Gasteiger partial charge in [0.1, 0.15) is 16.7 Å². The Balaban J connectivity index is 0.00000162. The van der Waals surface area contributed by atoms with E-state index in [4.69, 9.17) is 0 Å². The highest BCUT2D eigenvalue weighted by atomic mass is 79.9. The van der Waals surface area contributed by atoms with Gasteiger partial charge >= 0.3 is 0 Å². The van der Waals surface area contributed by atoms with Gasteiger partial charge in [0, 0.05) is 0 Å². The lowest BCUT2D eigenvalue weighted by Crippen LogP contribution is -3.00. The first-order chi connectivity index (χ1) is 7.75. The average Bonchev–Trinajstić information content (AvgIpc) is 2.46. The van der Waals surface area contributed by atoms with E-state index in [0.29, 0.717) is 0 Å². The van der Waals surface area contributed by atoms with Crippen molar-refractivity contribution in [1.82, 2.24) is 0 Å². The van der Waals surface area contributed by atoms with E-state index >= 15 is 0 Å². The summed E-state index contributed by atoms with van der Waals surface area (Å²) in [6.07, 6.45) is 0. The molecule has 2 aliphatic heterocycles. The van der Waals surface area contributed by atoms with E-state index in [0.717, 1.165) is 13.1 Å². The van der Waals surface area contributed by atoms with Crippen LogP contribution in [0.3, 0.4) is 0 Å². The average molecular weight is 439 g/mol. The summed E-state index contributed by atoms with van der Waals surface area (Å²) in [6, 6.07) is 0. The molecule has 2 aliphatic rings. The lowest BCUT2D eigenvalue weighted by Gasteiger charge is -2.25. The Morgan fingerprint density at radius 2 is 1.83 bits per heavy atom. The van der Waals surface area contributed by atoms with Gasteiger partial charge in [-0.25, -0.2) is 13.0 Å². The van der Waals surface area contributed by atoms with E-state index in [1.807, 2.05) is 0 Å². The van der Waals surface area contributed by atoms with Gasteiger partial charge in [-0.1, -0.05) is 15.9 Å². The van der Waals surface area contributed by atoms with E-state index in [1.54, 1.807) is 23.5 Å². The molecule has 3 nitrogen and oxygen atoms in total. The summed E-state index contributed by atoms with van der Waals surface area (Å²) in [7, 11) is -2.91. The van der Waals surface area contributed by atoms with Crippen molar-refractivity contribution < 1.29 is 30.0 Å². The number of sulfone groups is 1. The van der Waals surface area contributed by atoms with Crippen LogP contribution in [0.2, 0.25) is 0 Å². The molecule has 2 heterocycles. The van der Waals surface area contributed by atoms with Gasteiger partial charge in [-0.05, 0) is 44.3 Å². The fourth-order valence-electron chi connectivity index (χ4n) is 2.22. The Morgan fingerprint density at radius 1 is 1.28 bits per heavy atom. The summed E-state index contributed by atoms with van der Waals surface area (Å²) in [6.45, 7) is 8.26. The molecule has 0 radical (unpaired) electrons. The lowest BCUT2D eigenvalue weighted by atomic mass is 10.1. The van der Waals surface area contributed by atoms with Crippen molar-refractivity contribution in [3.63, 3.8) is 0 Å². The molecule has 0 aromatic rings. The molecule has 2 fully saturated rings. The maximum absolute atomic E-state index is 11.8. The first-order valence-electron chi connectivity index (χ1n) is 5.64. The van der Waals surface area contributed by atoms with Crippen molar-refractivity contribution in [3.8, 4) is 0 Å². The van der Waals surface area contributed by atoms with Crippen LogP contribution in [0.4, 0.5) is 0 Å². The van der Waals surface area contributed by atoms with Crippen molar-refractivity contribution in [2.75, 3.05) is 24.6 Å². The molecule has 106 valence electrons. The zero-order chi connectivity index (χ0) is 12.9. The first-order valence-corrected chi connectivity index (χ1v) is 9.89. The van der Waals surface area contributed by atoms with Crippen molar-refractivity contribution in [2.45, 2.75) is 29.2 Å². The Bertz CT molecular complexity index is 446. The topological polar surface area (TPSA) is 37.1 Å². The fourth-order valence-corrected chi connectivity index (χ4v) is 11.8. The van der Waals surface area contributed by atoms with Crippen molar-refractivity contribution in [2.24, 2.45) is 0 Å². The number of rotatable bonds is 2. The maximum Gasteiger partial charge on any atom is 0.272 e. The summed E-state index contributed by atoms with van der Waals surface area (Å²) >= 11 is 7.09. The molecule has 0 spiro atoms. The van der Waals surface area contributed by atoms with Crippen LogP contribution in [0.5, 0.6) is 0 Å².